The Labute approximate surface area is 178 Å². The summed E-state index contributed by atoms with van der Waals surface area (Å²) in [5.74, 6) is -2.01. The molecule has 0 amide bonds. The van der Waals surface area contributed by atoms with Gasteiger partial charge in [-0.2, -0.15) is 0 Å². The van der Waals surface area contributed by atoms with Gasteiger partial charge in [-0.15, -0.1) is 0 Å². The average Bonchev–Trinajstić information content (AvgIpc) is 2.70. The lowest BCUT2D eigenvalue weighted by Crippen LogP contribution is -2.19. The summed E-state index contributed by atoms with van der Waals surface area (Å²) in [6.07, 6.45) is 23.9. The van der Waals surface area contributed by atoms with E-state index in [9.17, 15) is 14.7 Å². The molecule has 1 N–H and O–H groups in total. The SMILES string of the molecule is C=CCOC(=O)CC(CCCCCCC/C=C/CCCCCCCCC)C(=O)O. The van der Waals surface area contributed by atoms with Crippen molar-refractivity contribution in [2.45, 2.75) is 110 Å². The van der Waals surface area contributed by atoms with E-state index in [0.29, 0.717) is 6.42 Å². The van der Waals surface area contributed by atoms with E-state index < -0.39 is 17.9 Å². The quantitative estimate of drug-likeness (QED) is 0.124. The van der Waals surface area contributed by atoms with Crippen LogP contribution in [-0.2, 0) is 14.3 Å². The molecule has 0 heterocycles. The lowest BCUT2D eigenvalue weighted by atomic mass is 9.97. The summed E-state index contributed by atoms with van der Waals surface area (Å²) in [7, 11) is 0. The van der Waals surface area contributed by atoms with E-state index in [1.165, 1.54) is 70.3 Å². The third-order valence-electron chi connectivity index (χ3n) is 5.19. The Morgan fingerprint density at radius 1 is 0.862 bits per heavy atom. The maximum Gasteiger partial charge on any atom is 0.307 e. The van der Waals surface area contributed by atoms with E-state index in [-0.39, 0.29) is 13.0 Å². The van der Waals surface area contributed by atoms with Gasteiger partial charge in [0.15, 0.2) is 0 Å². The van der Waals surface area contributed by atoms with Crippen molar-refractivity contribution in [1.29, 1.82) is 0 Å². The fourth-order valence-corrected chi connectivity index (χ4v) is 3.36. The summed E-state index contributed by atoms with van der Waals surface area (Å²) in [6, 6.07) is 0. The number of esters is 1. The van der Waals surface area contributed by atoms with Crippen LogP contribution in [0.4, 0.5) is 0 Å². The van der Waals surface area contributed by atoms with Crippen LogP contribution in [0.3, 0.4) is 0 Å². The van der Waals surface area contributed by atoms with Gasteiger partial charge in [-0.25, -0.2) is 0 Å². The number of aliphatic carboxylic acids is 1. The highest BCUT2D eigenvalue weighted by Gasteiger charge is 2.21. The van der Waals surface area contributed by atoms with E-state index in [1.54, 1.807) is 0 Å². The zero-order valence-electron chi connectivity index (χ0n) is 18.7. The van der Waals surface area contributed by atoms with Crippen molar-refractivity contribution in [3.63, 3.8) is 0 Å². The topological polar surface area (TPSA) is 63.6 Å². The molecule has 0 aliphatic rings. The number of ether oxygens (including phenoxy) is 1. The molecular weight excluding hydrogens is 364 g/mol. The molecule has 1 atom stereocenters. The van der Waals surface area contributed by atoms with Crippen LogP contribution in [0.15, 0.2) is 24.8 Å². The number of carbonyl (C=O) groups excluding carboxylic acids is 1. The van der Waals surface area contributed by atoms with Gasteiger partial charge in [0.2, 0.25) is 0 Å². The first-order valence-corrected chi connectivity index (χ1v) is 11.8. The van der Waals surface area contributed by atoms with Crippen molar-refractivity contribution in [2.24, 2.45) is 5.92 Å². The Bertz CT molecular complexity index is 442. The maximum atomic E-state index is 11.5. The van der Waals surface area contributed by atoms with Crippen LogP contribution in [0.25, 0.3) is 0 Å². The van der Waals surface area contributed by atoms with Gasteiger partial charge >= 0.3 is 11.9 Å². The van der Waals surface area contributed by atoms with Gasteiger partial charge < -0.3 is 9.84 Å². The minimum atomic E-state index is -0.911. The number of hydrogen-bond donors (Lipinski definition) is 1. The van der Waals surface area contributed by atoms with Crippen LogP contribution < -0.4 is 0 Å². The third kappa shape index (κ3) is 19.5. The Hall–Kier alpha value is -1.58. The molecule has 0 aliphatic carbocycles. The van der Waals surface area contributed by atoms with Crippen LogP contribution >= 0.6 is 0 Å². The van der Waals surface area contributed by atoms with Gasteiger partial charge in [-0.05, 0) is 32.1 Å². The van der Waals surface area contributed by atoms with Crippen molar-refractivity contribution in [3.05, 3.63) is 24.8 Å². The van der Waals surface area contributed by atoms with Gasteiger partial charge in [0.1, 0.15) is 6.61 Å². The zero-order valence-corrected chi connectivity index (χ0v) is 18.7. The minimum Gasteiger partial charge on any atom is -0.481 e. The largest absolute Gasteiger partial charge is 0.481 e. The van der Waals surface area contributed by atoms with Crippen LogP contribution in [0.5, 0.6) is 0 Å². The molecule has 0 aromatic rings. The summed E-state index contributed by atoms with van der Waals surface area (Å²) >= 11 is 0. The first kappa shape index (κ1) is 27.4. The lowest BCUT2D eigenvalue weighted by molar-refractivity contribution is -0.151. The zero-order chi connectivity index (χ0) is 21.6. The Morgan fingerprint density at radius 2 is 1.38 bits per heavy atom. The normalized spacial score (nSPS) is 12.2. The number of rotatable bonds is 21. The second-order valence-electron chi connectivity index (χ2n) is 7.94. The molecule has 0 radical (unpaired) electrons. The molecule has 0 aliphatic heterocycles. The predicted octanol–water partition coefficient (Wildman–Crippen LogP) is 7.23. The van der Waals surface area contributed by atoms with Gasteiger partial charge in [-0.1, -0.05) is 95.9 Å². The standard InChI is InChI=1S/C25H44O4/c1-3-5-6-7-8-9-10-11-12-13-14-15-16-17-18-19-20-23(25(27)28)22-24(26)29-21-4-2/h4,12-13,23H,2-3,5-11,14-22H2,1H3,(H,27,28)/b13-12+. The average molecular weight is 409 g/mol. The molecule has 29 heavy (non-hydrogen) atoms. The summed E-state index contributed by atoms with van der Waals surface area (Å²) in [5, 5.41) is 9.24. The summed E-state index contributed by atoms with van der Waals surface area (Å²) in [5.41, 5.74) is 0. The van der Waals surface area contributed by atoms with Gasteiger partial charge in [0.05, 0.1) is 12.3 Å². The highest BCUT2D eigenvalue weighted by molar-refractivity contribution is 5.78. The maximum absolute atomic E-state index is 11.5. The molecular formula is C25H44O4. The first-order valence-electron chi connectivity index (χ1n) is 11.8. The lowest BCUT2D eigenvalue weighted by Gasteiger charge is -2.11. The Kier molecular flexibility index (Phi) is 20.0. The van der Waals surface area contributed by atoms with Gasteiger partial charge in [0.25, 0.3) is 0 Å². The van der Waals surface area contributed by atoms with E-state index in [1.807, 2.05) is 0 Å². The number of unbranched alkanes of at least 4 members (excludes halogenated alkanes) is 12. The minimum absolute atomic E-state index is 0.0489. The van der Waals surface area contributed by atoms with Crippen LogP contribution in [-0.4, -0.2) is 23.7 Å². The van der Waals surface area contributed by atoms with E-state index in [0.717, 1.165) is 25.7 Å². The number of allylic oxidation sites excluding steroid dienone is 2. The van der Waals surface area contributed by atoms with Crippen molar-refractivity contribution in [1.82, 2.24) is 0 Å². The molecule has 1 unspecified atom stereocenters. The number of hydrogen-bond acceptors (Lipinski definition) is 3. The molecule has 4 nitrogen and oxygen atoms in total. The van der Waals surface area contributed by atoms with Crippen molar-refractivity contribution in [3.8, 4) is 0 Å². The molecule has 0 saturated heterocycles. The predicted molar refractivity (Wildman–Crippen MR) is 121 cm³/mol. The Morgan fingerprint density at radius 3 is 1.90 bits per heavy atom. The molecule has 0 aromatic heterocycles. The third-order valence-corrected chi connectivity index (χ3v) is 5.19. The molecule has 0 spiro atoms. The van der Waals surface area contributed by atoms with Gasteiger partial charge in [-0.3, -0.25) is 9.59 Å². The van der Waals surface area contributed by atoms with E-state index in [2.05, 4.69) is 25.7 Å². The Balaban J connectivity index is 3.53. The molecule has 0 saturated carbocycles. The number of carbonyl (C=O) groups is 2. The van der Waals surface area contributed by atoms with Gasteiger partial charge in [0, 0.05) is 0 Å². The number of carboxylic acids is 1. The summed E-state index contributed by atoms with van der Waals surface area (Å²) < 4.78 is 4.88. The molecule has 0 aromatic carbocycles. The fourth-order valence-electron chi connectivity index (χ4n) is 3.36. The molecule has 168 valence electrons. The van der Waals surface area contributed by atoms with Crippen molar-refractivity contribution in [2.75, 3.05) is 6.61 Å². The van der Waals surface area contributed by atoms with Crippen LogP contribution in [0, 0.1) is 5.92 Å². The highest BCUT2D eigenvalue weighted by Crippen LogP contribution is 2.17. The van der Waals surface area contributed by atoms with Crippen LogP contribution in [0.1, 0.15) is 110 Å². The molecule has 0 fully saturated rings. The summed E-state index contributed by atoms with van der Waals surface area (Å²) in [4.78, 5) is 22.8. The fraction of sp³-hybridized carbons (Fsp3) is 0.760. The van der Waals surface area contributed by atoms with Crippen LogP contribution in [0.2, 0.25) is 0 Å². The first-order chi connectivity index (χ1) is 14.1. The highest BCUT2D eigenvalue weighted by atomic mass is 16.5. The second kappa shape index (κ2) is 21.1. The molecule has 0 bridgehead atoms. The molecule has 4 heteroatoms. The van der Waals surface area contributed by atoms with E-state index in [4.69, 9.17) is 4.74 Å². The molecule has 0 rings (SSSR count). The van der Waals surface area contributed by atoms with Crippen molar-refractivity contribution >= 4 is 11.9 Å². The smallest absolute Gasteiger partial charge is 0.307 e. The number of carboxylic acid groups (broad SMARTS) is 1. The monoisotopic (exact) mass is 408 g/mol. The van der Waals surface area contributed by atoms with E-state index >= 15 is 0 Å². The summed E-state index contributed by atoms with van der Waals surface area (Å²) in [6.45, 7) is 5.87. The second-order valence-corrected chi connectivity index (χ2v) is 7.94. The van der Waals surface area contributed by atoms with Crippen molar-refractivity contribution < 1.29 is 19.4 Å².